The first-order chi connectivity index (χ1) is 9.58. The second-order valence-corrected chi connectivity index (χ2v) is 4.88. The molecule has 20 heavy (non-hydrogen) atoms. The molecule has 0 amide bonds. The fourth-order valence-corrected chi connectivity index (χ4v) is 2.50. The Morgan fingerprint density at radius 3 is 2.65 bits per heavy atom. The van der Waals surface area contributed by atoms with Crippen molar-refractivity contribution >= 4 is 16.9 Å². The lowest BCUT2D eigenvalue weighted by Gasteiger charge is -2.08. The first kappa shape index (κ1) is 12.6. The summed E-state index contributed by atoms with van der Waals surface area (Å²) < 4.78 is 3.97. The molecule has 3 aromatic heterocycles. The molecule has 0 saturated heterocycles. The number of fused-ring (bicyclic) bond motifs is 1. The van der Waals surface area contributed by atoms with E-state index in [0.717, 1.165) is 35.4 Å². The average molecular weight is 271 g/mol. The van der Waals surface area contributed by atoms with Crippen LogP contribution in [0.1, 0.15) is 17.1 Å². The molecule has 104 valence electrons. The highest BCUT2D eigenvalue weighted by molar-refractivity contribution is 5.91. The van der Waals surface area contributed by atoms with Crippen LogP contribution in [0.5, 0.6) is 0 Å². The number of hydrogen-bond donors (Lipinski definition) is 1. The van der Waals surface area contributed by atoms with E-state index >= 15 is 0 Å². The zero-order valence-corrected chi connectivity index (χ0v) is 11.8. The maximum atomic E-state index is 6.04. The Morgan fingerprint density at radius 2 is 1.95 bits per heavy atom. The summed E-state index contributed by atoms with van der Waals surface area (Å²) in [6.45, 7) is 7.50. The molecule has 7 heteroatoms. The van der Waals surface area contributed by atoms with Crippen molar-refractivity contribution in [2.45, 2.75) is 33.9 Å². The van der Waals surface area contributed by atoms with E-state index in [2.05, 4.69) is 38.7 Å². The molecular weight excluding hydrogens is 254 g/mol. The molecule has 0 radical (unpaired) electrons. The van der Waals surface area contributed by atoms with Crippen LogP contribution in [0, 0.1) is 20.8 Å². The summed E-state index contributed by atoms with van der Waals surface area (Å²) in [5.41, 5.74) is 9.23. The van der Waals surface area contributed by atoms with E-state index in [9.17, 15) is 0 Å². The van der Waals surface area contributed by atoms with Gasteiger partial charge in [-0.3, -0.25) is 4.68 Å². The first-order valence-electron chi connectivity index (χ1n) is 6.51. The lowest BCUT2D eigenvalue weighted by molar-refractivity contribution is 0.520. The highest BCUT2D eigenvalue weighted by Crippen LogP contribution is 2.27. The van der Waals surface area contributed by atoms with Crippen molar-refractivity contribution in [2.24, 2.45) is 0 Å². The number of anilines is 1. The SMILES string of the molecule is Cc1nc(N)c2c(C)c(C)n(CCn3ccnn3)c2n1. The second-order valence-electron chi connectivity index (χ2n) is 4.88. The van der Waals surface area contributed by atoms with Gasteiger partial charge in [0.1, 0.15) is 17.3 Å². The third-order valence-electron chi connectivity index (χ3n) is 3.63. The molecule has 0 atom stereocenters. The maximum absolute atomic E-state index is 6.04. The number of nitrogen functional groups attached to an aromatic ring is 1. The summed E-state index contributed by atoms with van der Waals surface area (Å²) in [4.78, 5) is 8.80. The summed E-state index contributed by atoms with van der Waals surface area (Å²) in [5, 5.41) is 8.74. The van der Waals surface area contributed by atoms with E-state index in [1.54, 1.807) is 10.9 Å². The van der Waals surface area contributed by atoms with Crippen molar-refractivity contribution < 1.29 is 0 Å². The summed E-state index contributed by atoms with van der Waals surface area (Å²) in [5.74, 6) is 1.24. The molecular formula is C13H17N7. The molecule has 0 unspecified atom stereocenters. The summed E-state index contributed by atoms with van der Waals surface area (Å²) in [7, 11) is 0. The molecule has 2 N–H and O–H groups in total. The molecule has 0 saturated carbocycles. The van der Waals surface area contributed by atoms with Gasteiger partial charge in [-0.1, -0.05) is 5.21 Å². The lowest BCUT2D eigenvalue weighted by atomic mass is 10.2. The fourth-order valence-electron chi connectivity index (χ4n) is 2.50. The average Bonchev–Trinajstić information content (AvgIpc) is 2.97. The van der Waals surface area contributed by atoms with Crippen LogP contribution in [-0.2, 0) is 13.1 Å². The molecule has 3 aromatic rings. The molecule has 0 aromatic carbocycles. The van der Waals surface area contributed by atoms with E-state index < -0.39 is 0 Å². The number of nitrogens with two attached hydrogens (primary N) is 1. The molecule has 0 fully saturated rings. The van der Waals surface area contributed by atoms with Crippen LogP contribution in [0.4, 0.5) is 5.82 Å². The molecule has 3 rings (SSSR count). The Bertz CT molecular complexity index is 755. The Labute approximate surface area is 116 Å². The minimum atomic E-state index is 0.549. The van der Waals surface area contributed by atoms with E-state index in [-0.39, 0.29) is 0 Å². The molecule has 0 aliphatic heterocycles. The van der Waals surface area contributed by atoms with Gasteiger partial charge in [-0.25, -0.2) is 9.97 Å². The Hall–Kier alpha value is -2.44. The monoisotopic (exact) mass is 271 g/mol. The summed E-state index contributed by atoms with van der Waals surface area (Å²) >= 11 is 0. The van der Waals surface area contributed by atoms with Crippen LogP contribution in [0.25, 0.3) is 11.0 Å². The first-order valence-corrected chi connectivity index (χ1v) is 6.51. The molecule has 7 nitrogen and oxygen atoms in total. The Kier molecular flexibility index (Phi) is 2.89. The van der Waals surface area contributed by atoms with E-state index in [0.29, 0.717) is 11.6 Å². The van der Waals surface area contributed by atoms with Crippen LogP contribution in [0.3, 0.4) is 0 Å². The van der Waals surface area contributed by atoms with Crippen LogP contribution >= 0.6 is 0 Å². The van der Waals surface area contributed by atoms with Crippen LogP contribution in [0.2, 0.25) is 0 Å². The topological polar surface area (TPSA) is 87.4 Å². The van der Waals surface area contributed by atoms with Crippen molar-refractivity contribution in [2.75, 3.05) is 5.73 Å². The predicted molar refractivity (Wildman–Crippen MR) is 76.2 cm³/mol. The van der Waals surface area contributed by atoms with Crippen molar-refractivity contribution in [3.8, 4) is 0 Å². The Balaban J connectivity index is 2.07. The molecule has 0 spiro atoms. The third kappa shape index (κ3) is 1.91. The van der Waals surface area contributed by atoms with Gasteiger partial charge >= 0.3 is 0 Å². The van der Waals surface area contributed by atoms with Crippen LogP contribution in [0.15, 0.2) is 12.4 Å². The van der Waals surface area contributed by atoms with Gasteiger partial charge in [0.15, 0.2) is 0 Å². The van der Waals surface area contributed by atoms with Gasteiger partial charge in [-0.2, -0.15) is 0 Å². The molecule has 0 aliphatic carbocycles. The van der Waals surface area contributed by atoms with Gasteiger partial charge in [-0.05, 0) is 26.3 Å². The normalized spacial score (nSPS) is 11.3. The zero-order chi connectivity index (χ0) is 14.3. The number of hydrogen-bond acceptors (Lipinski definition) is 5. The fraction of sp³-hybridized carbons (Fsp3) is 0.385. The molecule has 0 aliphatic rings. The number of nitrogens with zero attached hydrogens (tertiary/aromatic N) is 6. The second kappa shape index (κ2) is 4.59. The third-order valence-corrected chi connectivity index (χ3v) is 3.63. The minimum absolute atomic E-state index is 0.549. The predicted octanol–water partition coefficient (Wildman–Crippen LogP) is 1.23. The van der Waals surface area contributed by atoms with Gasteiger partial charge in [0, 0.05) is 18.4 Å². The highest BCUT2D eigenvalue weighted by Gasteiger charge is 2.16. The number of rotatable bonds is 3. The quantitative estimate of drug-likeness (QED) is 0.774. The smallest absolute Gasteiger partial charge is 0.146 e. The lowest BCUT2D eigenvalue weighted by Crippen LogP contribution is -2.10. The number of aryl methyl sites for hydroxylation is 4. The zero-order valence-electron chi connectivity index (χ0n) is 11.8. The van der Waals surface area contributed by atoms with Crippen molar-refractivity contribution in [3.05, 3.63) is 29.5 Å². The van der Waals surface area contributed by atoms with E-state index in [4.69, 9.17) is 5.73 Å². The van der Waals surface area contributed by atoms with Crippen LogP contribution < -0.4 is 5.73 Å². The van der Waals surface area contributed by atoms with E-state index in [1.165, 1.54) is 0 Å². The largest absolute Gasteiger partial charge is 0.383 e. The van der Waals surface area contributed by atoms with Crippen molar-refractivity contribution in [1.82, 2.24) is 29.5 Å². The standard InChI is InChI=1S/C13H17N7/c1-8-9(2)20(7-6-19-5-4-15-18-19)13-11(8)12(14)16-10(3)17-13/h4-5H,6-7H2,1-3H3,(H2,14,16,17). The van der Waals surface area contributed by atoms with Crippen LogP contribution in [-0.4, -0.2) is 29.5 Å². The van der Waals surface area contributed by atoms with Gasteiger partial charge in [0.25, 0.3) is 0 Å². The molecule has 0 bridgehead atoms. The Morgan fingerprint density at radius 1 is 1.15 bits per heavy atom. The van der Waals surface area contributed by atoms with Gasteiger partial charge in [0.2, 0.25) is 0 Å². The van der Waals surface area contributed by atoms with Gasteiger partial charge < -0.3 is 10.3 Å². The number of aromatic nitrogens is 6. The minimum Gasteiger partial charge on any atom is -0.383 e. The van der Waals surface area contributed by atoms with Crippen molar-refractivity contribution in [1.29, 1.82) is 0 Å². The molecule has 3 heterocycles. The van der Waals surface area contributed by atoms with Crippen molar-refractivity contribution in [3.63, 3.8) is 0 Å². The summed E-state index contributed by atoms with van der Waals surface area (Å²) in [6, 6.07) is 0. The van der Waals surface area contributed by atoms with E-state index in [1.807, 2.05) is 13.1 Å². The van der Waals surface area contributed by atoms with Gasteiger partial charge in [-0.15, -0.1) is 5.10 Å². The maximum Gasteiger partial charge on any atom is 0.146 e. The highest BCUT2D eigenvalue weighted by atomic mass is 15.4. The van der Waals surface area contributed by atoms with Gasteiger partial charge in [0.05, 0.1) is 18.1 Å². The summed E-state index contributed by atoms with van der Waals surface area (Å²) in [6.07, 6.45) is 3.53.